The fraction of sp³-hybridized carbons (Fsp3) is 0.242. The molecule has 0 bridgehead atoms. The summed E-state index contributed by atoms with van der Waals surface area (Å²) in [7, 11) is 0. The van der Waals surface area contributed by atoms with Crippen LogP contribution in [0.3, 0.4) is 0 Å². The first-order chi connectivity index (χ1) is 21.1. The summed E-state index contributed by atoms with van der Waals surface area (Å²) in [5.41, 5.74) is 0.672. The second-order valence-corrected chi connectivity index (χ2v) is 11.1. The first-order valence-electron chi connectivity index (χ1n) is 13.8. The number of aliphatic hydroxyl groups is 1. The van der Waals surface area contributed by atoms with Crippen molar-refractivity contribution in [1.82, 2.24) is 0 Å². The van der Waals surface area contributed by atoms with Crippen molar-refractivity contribution >= 4 is 34.5 Å². The summed E-state index contributed by atoms with van der Waals surface area (Å²) in [4.78, 5) is 36.0. The highest BCUT2D eigenvalue weighted by molar-refractivity contribution is 8.00. The molecule has 0 saturated carbocycles. The predicted molar refractivity (Wildman–Crippen MR) is 163 cm³/mol. The van der Waals surface area contributed by atoms with E-state index in [0.29, 0.717) is 35.7 Å². The van der Waals surface area contributed by atoms with E-state index in [1.807, 2.05) is 13.0 Å². The number of carbonyl (C=O) groups is 2. The Morgan fingerprint density at radius 3 is 2.61 bits per heavy atom. The summed E-state index contributed by atoms with van der Waals surface area (Å²) in [5, 5.41) is 30.3. The number of thioether (sulfide) groups is 1. The number of aromatic carboxylic acids is 1. The molecule has 230 valence electrons. The highest BCUT2D eigenvalue weighted by atomic mass is 32.2. The number of rotatable bonds is 14. The molecule has 0 fully saturated rings. The van der Waals surface area contributed by atoms with Gasteiger partial charge in [0.25, 0.3) is 6.01 Å². The molecule has 0 aliphatic carbocycles. The molecule has 0 saturated heterocycles. The summed E-state index contributed by atoms with van der Waals surface area (Å²) < 4.78 is 29.5. The van der Waals surface area contributed by atoms with Crippen molar-refractivity contribution in [3.8, 4) is 11.5 Å². The number of phenolic OH excluding ortho intramolecular Hbond substituents is 1. The predicted octanol–water partition coefficient (Wildman–Crippen LogP) is 6.86. The van der Waals surface area contributed by atoms with Crippen molar-refractivity contribution in [3.05, 3.63) is 112 Å². The van der Waals surface area contributed by atoms with Gasteiger partial charge < -0.3 is 28.9 Å². The van der Waals surface area contributed by atoms with Gasteiger partial charge in [-0.15, -0.1) is 11.8 Å². The zero-order valence-electron chi connectivity index (χ0n) is 24.0. The molecule has 4 rings (SSSR count). The number of allylic oxidation sites excluding steroid dienone is 2. The van der Waals surface area contributed by atoms with Gasteiger partial charge in [0.2, 0.25) is 5.76 Å². The number of fused-ring (bicyclic) bond motifs is 1. The number of hydrogen-bond donors (Lipinski definition) is 3. The molecule has 2 atom stereocenters. The lowest BCUT2D eigenvalue weighted by atomic mass is 10.0. The van der Waals surface area contributed by atoms with E-state index in [0.717, 1.165) is 24.8 Å². The second-order valence-electron chi connectivity index (χ2n) is 9.84. The van der Waals surface area contributed by atoms with Gasteiger partial charge >= 0.3 is 5.97 Å². The van der Waals surface area contributed by atoms with Crippen molar-refractivity contribution < 1.29 is 42.9 Å². The molecular formula is C33H31FO9S. The topological polar surface area (TPSA) is 147 Å². The third kappa shape index (κ3) is 7.86. The Morgan fingerprint density at radius 1 is 1.14 bits per heavy atom. The minimum atomic E-state index is -1.37. The molecule has 0 amide bonds. The van der Waals surface area contributed by atoms with Gasteiger partial charge in [-0.25, -0.2) is 4.79 Å². The average molecular weight is 623 g/mol. The maximum absolute atomic E-state index is 13.5. The van der Waals surface area contributed by atoms with Crippen LogP contribution >= 0.6 is 11.8 Å². The molecule has 3 N–H and O–H groups in total. The minimum Gasteiger partial charge on any atom is -0.507 e. The second kappa shape index (κ2) is 14.7. The van der Waals surface area contributed by atoms with Crippen LogP contribution in [0.5, 0.6) is 11.5 Å². The maximum Gasteiger partial charge on any atom is 0.371 e. The SMILES string of the molecule is CCCc1c(OCCC=CC=C[C@H](Sc2ccc3c(=O)cc(C(=O)O)oc3c2)[C@H](O)c2coc(F)c2)ccc(C(C)=O)c1O. The first kappa shape index (κ1) is 32.3. The number of carbonyl (C=O) groups excluding carboxylic acids is 1. The molecule has 2 aromatic heterocycles. The molecule has 0 radical (unpaired) electrons. The Labute approximate surface area is 256 Å². The van der Waals surface area contributed by atoms with Crippen LogP contribution in [0, 0.1) is 6.01 Å². The summed E-state index contributed by atoms with van der Waals surface area (Å²) >= 11 is 1.20. The Kier molecular flexibility index (Phi) is 10.8. The number of halogens is 1. The molecule has 11 heteroatoms. The number of phenols is 1. The Hall–Kier alpha value is -4.61. The van der Waals surface area contributed by atoms with E-state index in [4.69, 9.17) is 13.6 Å². The summed E-state index contributed by atoms with van der Waals surface area (Å²) in [6.45, 7) is 3.68. The number of ether oxygens (including phenoxy) is 1. The molecule has 0 aliphatic rings. The zero-order chi connectivity index (χ0) is 31.8. The maximum atomic E-state index is 13.5. The molecule has 44 heavy (non-hydrogen) atoms. The van der Waals surface area contributed by atoms with Crippen LogP contribution < -0.4 is 10.2 Å². The monoisotopic (exact) mass is 622 g/mol. The van der Waals surface area contributed by atoms with E-state index in [1.54, 1.807) is 36.4 Å². The smallest absolute Gasteiger partial charge is 0.371 e. The summed E-state index contributed by atoms with van der Waals surface area (Å²) in [5.74, 6) is -1.61. The molecule has 0 aliphatic heterocycles. The number of benzene rings is 2. The van der Waals surface area contributed by atoms with Crippen molar-refractivity contribution in [1.29, 1.82) is 0 Å². The van der Waals surface area contributed by atoms with Crippen LogP contribution in [0.2, 0.25) is 0 Å². The van der Waals surface area contributed by atoms with Crippen LogP contribution in [0.4, 0.5) is 4.39 Å². The molecule has 0 unspecified atom stereocenters. The van der Waals surface area contributed by atoms with Crippen LogP contribution in [0.1, 0.15) is 64.8 Å². The number of Topliss-reactive ketones (excluding diaryl/α,β-unsaturated/α-hetero) is 1. The molecule has 0 spiro atoms. The third-order valence-corrected chi connectivity index (χ3v) is 7.85. The summed E-state index contributed by atoms with van der Waals surface area (Å²) in [6.07, 6.45) is 8.85. The fourth-order valence-electron chi connectivity index (χ4n) is 4.46. The van der Waals surface area contributed by atoms with Crippen molar-refractivity contribution in [3.63, 3.8) is 0 Å². The van der Waals surface area contributed by atoms with Gasteiger partial charge in [0, 0.05) is 28.2 Å². The lowest BCUT2D eigenvalue weighted by molar-refractivity contribution is 0.0662. The van der Waals surface area contributed by atoms with Gasteiger partial charge in [0.05, 0.1) is 35.2 Å². The van der Waals surface area contributed by atoms with Crippen LogP contribution in [-0.4, -0.2) is 38.9 Å². The molecule has 9 nitrogen and oxygen atoms in total. The van der Waals surface area contributed by atoms with E-state index < -0.39 is 34.5 Å². The molecular weight excluding hydrogens is 591 g/mol. The Balaban J connectivity index is 1.46. The van der Waals surface area contributed by atoms with Crippen molar-refractivity contribution in [2.24, 2.45) is 0 Å². The van der Waals surface area contributed by atoms with E-state index in [-0.39, 0.29) is 33.6 Å². The van der Waals surface area contributed by atoms with Gasteiger partial charge in [-0.3, -0.25) is 9.59 Å². The van der Waals surface area contributed by atoms with Gasteiger partial charge in [-0.1, -0.05) is 37.6 Å². The largest absolute Gasteiger partial charge is 0.507 e. The van der Waals surface area contributed by atoms with Gasteiger partial charge in [0.15, 0.2) is 11.2 Å². The van der Waals surface area contributed by atoms with Gasteiger partial charge in [-0.05, 0) is 50.1 Å². The third-order valence-electron chi connectivity index (χ3n) is 6.63. The van der Waals surface area contributed by atoms with Crippen LogP contribution in [-0.2, 0) is 6.42 Å². The number of ketones is 1. The van der Waals surface area contributed by atoms with Crippen molar-refractivity contribution in [2.45, 2.75) is 49.4 Å². The van der Waals surface area contributed by atoms with E-state index >= 15 is 0 Å². The normalized spacial score (nSPS) is 13.1. The lowest BCUT2D eigenvalue weighted by Crippen LogP contribution is -2.12. The summed E-state index contributed by atoms with van der Waals surface area (Å²) in [6, 6.07) is 9.07. The number of hydrogen-bond acceptors (Lipinski definition) is 9. The number of carboxylic acid groups (broad SMARTS) is 1. The number of aromatic hydroxyl groups is 1. The van der Waals surface area contributed by atoms with E-state index in [2.05, 4.69) is 0 Å². The fourth-order valence-corrected chi connectivity index (χ4v) is 5.55. The van der Waals surface area contributed by atoms with Crippen molar-refractivity contribution in [2.75, 3.05) is 6.61 Å². The number of carboxylic acids is 1. The van der Waals surface area contributed by atoms with E-state index in [1.165, 1.54) is 30.8 Å². The van der Waals surface area contributed by atoms with Crippen LogP contribution in [0.15, 0.2) is 91.6 Å². The Bertz CT molecular complexity index is 1770. The highest BCUT2D eigenvalue weighted by Gasteiger charge is 2.23. The lowest BCUT2D eigenvalue weighted by Gasteiger charge is -2.18. The van der Waals surface area contributed by atoms with Gasteiger partial charge in [-0.2, -0.15) is 4.39 Å². The Morgan fingerprint density at radius 2 is 1.93 bits per heavy atom. The molecule has 4 aromatic rings. The quantitative estimate of drug-likeness (QED) is 0.0590. The minimum absolute atomic E-state index is 0.0502. The molecule has 2 heterocycles. The van der Waals surface area contributed by atoms with Crippen LogP contribution in [0.25, 0.3) is 11.0 Å². The molecule has 2 aromatic carbocycles. The first-order valence-corrected chi connectivity index (χ1v) is 14.7. The average Bonchev–Trinajstić information content (AvgIpc) is 3.42. The number of furan rings is 1. The zero-order valence-corrected chi connectivity index (χ0v) is 24.8. The number of aliphatic hydroxyl groups excluding tert-OH is 1. The van der Waals surface area contributed by atoms with E-state index in [9.17, 15) is 34.1 Å². The standard InChI is InChI=1S/C33H31FO9S/c1-3-8-24-26(13-12-22(19(2)35)32(24)38)41-14-7-5-4-6-9-29(31(37)20-15-30(34)42-18-20)44-21-10-11-23-25(36)17-28(33(39)40)43-27(23)16-21/h4-6,9-13,15-18,29,31,37-38H,3,7-8,14H2,1-2H3,(H,39,40)/t29-,31+/m0/s1. The van der Waals surface area contributed by atoms with Gasteiger partial charge in [0.1, 0.15) is 17.1 Å². The highest BCUT2D eigenvalue weighted by Crippen LogP contribution is 2.35.